The fourth-order valence-corrected chi connectivity index (χ4v) is 4.62. The second-order valence-electron chi connectivity index (χ2n) is 6.53. The molecule has 152 valence electrons. The van der Waals surface area contributed by atoms with Gasteiger partial charge in [-0.05, 0) is 36.2 Å². The average Bonchev–Trinajstić information content (AvgIpc) is 2.87. The minimum absolute atomic E-state index is 0.181. The van der Waals surface area contributed by atoms with Gasteiger partial charge in [-0.25, -0.2) is 17.8 Å². The smallest absolute Gasteiger partial charge is 0.355 e. The molecule has 0 bridgehead atoms. The Balaban J connectivity index is 1.67. The number of hydrogen-bond donors (Lipinski definition) is 0. The second kappa shape index (κ2) is 8.04. The van der Waals surface area contributed by atoms with E-state index in [9.17, 15) is 26.0 Å². The van der Waals surface area contributed by atoms with Gasteiger partial charge in [0, 0.05) is 32.4 Å². The molecule has 2 heterocycles. The van der Waals surface area contributed by atoms with E-state index in [0.29, 0.717) is 30.9 Å². The lowest BCUT2D eigenvalue weighted by Crippen LogP contribution is -2.36. The Hall–Kier alpha value is -2.20. The summed E-state index contributed by atoms with van der Waals surface area (Å²) in [6.45, 7) is 1.25. The Kier molecular flexibility index (Phi) is 5.90. The second-order valence-corrected chi connectivity index (χ2v) is 8.50. The molecule has 0 unspecified atom stereocenters. The van der Waals surface area contributed by atoms with Crippen molar-refractivity contribution in [3.05, 3.63) is 59.5 Å². The van der Waals surface area contributed by atoms with Gasteiger partial charge in [-0.1, -0.05) is 12.1 Å². The summed E-state index contributed by atoms with van der Waals surface area (Å²) in [4.78, 5) is 5.63. The van der Waals surface area contributed by atoms with Crippen LogP contribution >= 0.6 is 0 Å². The first-order valence-electron chi connectivity index (χ1n) is 8.66. The van der Waals surface area contributed by atoms with Gasteiger partial charge in [0.1, 0.15) is 11.6 Å². The van der Waals surface area contributed by atoms with E-state index in [2.05, 4.69) is 4.98 Å². The number of aromatic nitrogens is 1. The largest absolute Gasteiger partial charge is 0.417 e. The minimum atomic E-state index is -4.45. The molecule has 0 spiro atoms. The van der Waals surface area contributed by atoms with E-state index in [1.54, 1.807) is 11.0 Å². The number of halogens is 4. The van der Waals surface area contributed by atoms with Crippen LogP contribution in [0.5, 0.6) is 0 Å². The molecule has 1 saturated heterocycles. The molecule has 1 aliphatic rings. The van der Waals surface area contributed by atoms with Crippen LogP contribution in [0.4, 0.5) is 23.4 Å². The molecule has 3 rings (SSSR count). The van der Waals surface area contributed by atoms with Crippen LogP contribution in [0, 0.1) is 5.82 Å². The summed E-state index contributed by atoms with van der Waals surface area (Å²) in [6, 6.07) is 7.70. The van der Waals surface area contributed by atoms with Crippen LogP contribution in [-0.4, -0.2) is 43.9 Å². The Morgan fingerprint density at radius 3 is 2.46 bits per heavy atom. The average molecular weight is 417 g/mol. The lowest BCUT2D eigenvalue weighted by atomic mass is 10.2. The predicted octanol–water partition coefficient (Wildman–Crippen LogP) is 3.28. The van der Waals surface area contributed by atoms with Crippen LogP contribution in [0.15, 0.2) is 42.6 Å². The first-order chi connectivity index (χ1) is 13.1. The summed E-state index contributed by atoms with van der Waals surface area (Å²) >= 11 is 0. The lowest BCUT2D eigenvalue weighted by Gasteiger charge is -2.23. The minimum Gasteiger partial charge on any atom is -0.355 e. The highest BCUT2D eigenvalue weighted by molar-refractivity contribution is 7.88. The maximum atomic E-state index is 13.3. The topological polar surface area (TPSA) is 53.5 Å². The molecule has 2 aromatic rings. The lowest BCUT2D eigenvalue weighted by molar-refractivity contribution is -0.137. The number of anilines is 1. The van der Waals surface area contributed by atoms with E-state index in [1.165, 1.54) is 28.6 Å². The third-order valence-electron chi connectivity index (χ3n) is 4.49. The summed E-state index contributed by atoms with van der Waals surface area (Å²) < 4.78 is 77.9. The van der Waals surface area contributed by atoms with Crippen LogP contribution in [0.25, 0.3) is 0 Å². The summed E-state index contributed by atoms with van der Waals surface area (Å²) in [6.07, 6.45) is -3.17. The molecule has 1 aromatic heterocycles. The maximum Gasteiger partial charge on any atom is 0.417 e. The van der Waals surface area contributed by atoms with Gasteiger partial charge in [0.15, 0.2) is 0 Å². The zero-order valence-corrected chi connectivity index (χ0v) is 15.7. The van der Waals surface area contributed by atoms with Crippen molar-refractivity contribution in [3.8, 4) is 0 Å². The summed E-state index contributed by atoms with van der Waals surface area (Å²) in [5.74, 6) is -0.427. The molecule has 1 fully saturated rings. The molecule has 1 aliphatic heterocycles. The zero-order valence-electron chi connectivity index (χ0n) is 14.9. The Morgan fingerprint density at radius 1 is 1.04 bits per heavy atom. The van der Waals surface area contributed by atoms with Crippen molar-refractivity contribution in [3.63, 3.8) is 0 Å². The summed E-state index contributed by atoms with van der Waals surface area (Å²) in [5, 5.41) is 0. The van der Waals surface area contributed by atoms with Crippen LogP contribution in [0.1, 0.15) is 17.5 Å². The Labute approximate surface area is 160 Å². The predicted molar refractivity (Wildman–Crippen MR) is 96.7 cm³/mol. The van der Waals surface area contributed by atoms with E-state index in [4.69, 9.17) is 0 Å². The van der Waals surface area contributed by atoms with Crippen LogP contribution < -0.4 is 4.90 Å². The number of benzene rings is 1. The van der Waals surface area contributed by atoms with Gasteiger partial charge in [-0.2, -0.15) is 17.5 Å². The fourth-order valence-electron chi connectivity index (χ4n) is 3.07. The number of sulfonamides is 1. The quantitative estimate of drug-likeness (QED) is 0.717. The first kappa shape index (κ1) is 20.5. The van der Waals surface area contributed by atoms with Gasteiger partial charge < -0.3 is 4.90 Å². The molecule has 0 amide bonds. The third-order valence-corrected chi connectivity index (χ3v) is 6.34. The van der Waals surface area contributed by atoms with Crippen LogP contribution in [-0.2, 0) is 22.0 Å². The Bertz CT molecular complexity index is 917. The molecule has 0 aliphatic carbocycles. The highest BCUT2D eigenvalue weighted by atomic mass is 32.2. The fraction of sp³-hybridized carbons (Fsp3) is 0.389. The van der Waals surface area contributed by atoms with E-state index < -0.39 is 27.6 Å². The van der Waals surface area contributed by atoms with Crippen molar-refractivity contribution < 1.29 is 26.0 Å². The highest BCUT2D eigenvalue weighted by Crippen LogP contribution is 2.29. The van der Waals surface area contributed by atoms with Crippen LogP contribution in [0.3, 0.4) is 0 Å². The van der Waals surface area contributed by atoms with Gasteiger partial charge in [0.05, 0.1) is 11.3 Å². The van der Waals surface area contributed by atoms with Crippen molar-refractivity contribution in [2.45, 2.75) is 18.3 Å². The summed E-state index contributed by atoms with van der Waals surface area (Å²) in [5.41, 5.74) is -0.462. The molecule has 0 radical (unpaired) electrons. The Morgan fingerprint density at radius 2 is 1.82 bits per heavy atom. The molecular weight excluding hydrogens is 398 g/mol. The van der Waals surface area contributed by atoms with Gasteiger partial charge in [0.2, 0.25) is 10.0 Å². The molecule has 5 nitrogen and oxygen atoms in total. The van der Waals surface area contributed by atoms with Crippen molar-refractivity contribution in [2.75, 3.05) is 31.1 Å². The molecule has 10 heteroatoms. The molecule has 28 heavy (non-hydrogen) atoms. The molecule has 0 saturated carbocycles. The van der Waals surface area contributed by atoms with Gasteiger partial charge in [-0.3, -0.25) is 0 Å². The number of pyridine rings is 1. The van der Waals surface area contributed by atoms with Crippen molar-refractivity contribution >= 4 is 15.8 Å². The molecule has 0 atom stereocenters. The normalized spacial score (nSPS) is 16.8. The van der Waals surface area contributed by atoms with E-state index in [-0.39, 0.29) is 18.8 Å². The number of nitrogens with zero attached hydrogens (tertiary/aromatic N) is 3. The number of hydrogen-bond acceptors (Lipinski definition) is 4. The van der Waals surface area contributed by atoms with E-state index >= 15 is 0 Å². The van der Waals surface area contributed by atoms with Crippen LogP contribution in [0.2, 0.25) is 0 Å². The van der Waals surface area contributed by atoms with Crippen molar-refractivity contribution in [1.29, 1.82) is 0 Å². The zero-order chi connectivity index (χ0) is 20.4. The summed E-state index contributed by atoms with van der Waals surface area (Å²) in [7, 11) is -3.64. The first-order valence-corrected chi connectivity index (χ1v) is 10.3. The maximum absolute atomic E-state index is 13.3. The highest BCUT2D eigenvalue weighted by Gasteiger charge is 2.31. The van der Waals surface area contributed by atoms with E-state index in [0.717, 1.165) is 12.3 Å². The van der Waals surface area contributed by atoms with E-state index in [1.807, 2.05) is 0 Å². The molecule has 1 aromatic carbocycles. The molecule has 0 N–H and O–H groups in total. The van der Waals surface area contributed by atoms with Gasteiger partial charge >= 0.3 is 6.18 Å². The SMILES string of the molecule is O=S(=O)(Cc1cccc(F)c1)N1CCCN(c2ccc(C(F)(F)F)cn2)CC1. The monoisotopic (exact) mass is 417 g/mol. The van der Waals surface area contributed by atoms with Gasteiger partial charge in [-0.15, -0.1) is 0 Å². The number of rotatable bonds is 4. The molecular formula is C18H19F4N3O2S. The van der Waals surface area contributed by atoms with Gasteiger partial charge in [0.25, 0.3) is 0 Å². The standard InChI is InChI=1S/C18H19F4N3O2S/c19-16-4-1-3-14(11-16)13-28(26,27)25-8-2-7-24(9-10-25)17-6-5-15(12-23-17)18(20,21)22/h1,3-6,11-12H,2,7-10,13H2. The van der Waals surface area contributed by atoms with Crippen molar-refractivity contribution in [2.24, 2.45) is 0 Å². The third kappa shape index (κ3) is 4.99. The van der Waals surface area contributed by atoms with Crippen molar-refractivity contribution in [1.82, 2.24) is 9.29 Å². The number of alkyl halides is 3.